The summed E-state index contributed by atoms with van der Waals surface area (Å²) in [5, 5.41) is 46.8. The average Bonchev–Trinajstić information content (AvgIpc) is 2.86. The first-order chi connectivity index (χ1) is 16.5. The summed E-state index contributed by atoms with van der Waals surface area (Å²) in [6.45, 7) is 7.26. The minimum absolute atomic E-state index is 0.135. The van der Waals surface area contributed by atoms with Crippen molar-refractivity contribution in [1.82, 2.24) is 0 Å². The lowest BCUT2D eigenvalue weighted by atomic mass is 9.62. The molecule has 0 heterocycles. The standard InChI is InChI=1S/C29H36O5Si/c1-27(2,3)35(21-13-7-5-8-14-21,22-15-9-6-10-16-22)34-20-29(19-30)25(31)23-17-11-12-18-24(23)28(4,33)26(29)32/h5-18,25-26,30-33H,19-20H2,1-4H3/t25-,26-,28-,29-/m1/s1. The summed E-state index contributed by atoms with van der Waals surface area (Å²) in [4.78, 5) is 0. The van der Waals surface area contributed by atoms with Crippen molar-refractivity contribution in [1.29, 1.82) is 0 Å². The Labute approximate surface area is 208 Å². The molecule has 186 valence electrons. The van der Waals surface area contributed by atoms with Gasteiger partial charge in [0.1, 0.15) is 5.60 Å². The molecule has 1 aliphatic carbocycles. The Morgan fingerprint density at radius 2 is 1.31 bits per heavy atom. The summed E-state index contributed by atoms with van der Waals surface area (Å²) in [5.74, 6) is 0. The molecule has 1 aliphatic rings. The Morgan fingerprint density at radius 1 is 0.829 bits per heavy atom. The molecule has 3 aromatic carbocycles. The van der Waals surface area contributed by atoms with Gasteiger partial charge in [0.15, 0.2) is 0 Å². The molecule has 0 radical (unpaired) electrons. The average molecular weight is 493 g/mol. The van der Waals surface area contributed by atoms with Crippen LogP contribution in [0.25, 0.3) is 0 Å². The van der Waals surface area contributed by atoms with Crippen LogP contribution in [0, 0.1) is 5.41 Å². The molecule has 4 rings (SSSR count). The van der Waals surface area contributed by atoms with Crippen LogP contribution in [0.1, 0.15) is 44.9 Å². The van der Waals surface area contributed by atoms with Gasteiger partial charge in [0.25, 0.3) is 8.32 Å². The highest BCUT2D eigenvalue weighted by atomic mass is 28.4. The van der Waals surface area contributed by atoms with Gasteiger partial charge in [0.05, 0.1) is 24.2 Å². The van der Waals surface area contributed by atoms with E-state index >= 15 is 0 Å². The molecule has 6 heteroatoms. The molecular weight excluding hydrogens is 456 g/mol. The molecule has 4 atom stereocenters. The maximum absolute atomic E-state index is 11.5. The zero-order valence-electron chi connectivity index (χ0n) is 20.8. The van der Waals surface area contributed by atoms with E-state index in [4.69, 9.17) is 4.43 Å². The minimum Gasteiger partial charge on any atom is -0.407 e. The van der Waals surface area contributed by atoms with Crippen LogP contribution >= 0.6 is 0 Å². The summed E-state index contributed by atoms with van der Waals surface area (Å²) >= 11 is 0. The van der Waals surface area contributed by atoms with Gasteiger partial charge in [-0.15, -0.1) is 0 Å². The van der Waals surface area contributed by atoms with Gasteiger partial charge in [0.2, 0.25) is 0 Å². The molecule has 0 amide bonds. The Hall–Kier alpha value is -2.32. The van der Waals surface area contributed by atoms with Crippen molar-refractivity contribution in [2.45, 2.75) is 50.5 Å². The van der Waals surface area contributed by atoms with Crippen molar-refractivity contribution in [3.8, 4) is 0 Å². The minimum atomic E-state index is -3.01. The summed E-state index contributed by atoms with van der Waals surface area (Å²) in [5.41, 5.74) is -2.25. The zero-order chi connectivity index (χ0) is 25.5. The van der Waals surface area contributed by atoms with Gasteiger partial charge in [-0.05, 0) is 33.5 Å². The Bertz CT molecular complexity index is 1100. The number of hydrogen-bond donors (Lipinski definition) is 4. The molecule has 0 saturated carbocycles. The summed E-state index contributed by atoms with van der Waals surface area (Å²) in [6.07, 6.45) is -2.68. The van der Waals surface area contributed by atoms with Gasteiger partial charge >= 0.3 is 0 Å². The second-order valence-corrected chi connectivity index (χ2v) is 15.2. The van der Waals surface area contributed by atoms with Crippen molar-refractivity contribution in [3.63, 3.8) is 0 Å². The van der Waals surface area contributed by atoms with Gasteiger partial charge < -0.3 is 24.9 Å². The monoisotopic (exact) mass is 492 g/mol. The lowest BCUT2D eigenvalue weighted by molar-refractivity contribution is -0.207. The number of hydrogen-bond acceptors (Lipinski definition) is 5. The number of rotatable bonds is 6. The highest BCUT2D eigenvalue weighted by Crippen LogP contribution is 2.52. The smallest absolute Gasteiger partial charge is 0.261 e. The lowest BCUT2D eigenvalue weighted by Gasteiger charge is -2.53. The van der Waals surface area contributed by atoms with E-state index in [-0.39, 0.29) is 11.6 Å². The van der Waals surface area contributed by atoms with Gasteiger partial charge in [0, 0.05) is 6.61 Å². The van der Waals surface area contributed by atoms with Gasteiger partial charge in [-0.3, -0.25) is 0 Å². The molecular formula is C29H36O5Si. The number of aliphatic hydroxyl groups excluding tert-OH is 3. The van der Waals surface area contributed by atoms with Crippen molar-refractivity contribution in [3.05, 3.63) is 96.1 Å². The predicted molar refractivity (Wildman–Crippen MR) is 140 cm³/mol. The second-order valence-electron chi connectivity index (χ2n) is 10.9. The predicted octanol–water partition coefficient (Wildman–Crippen LogP) is 2.86. The molecule has 0 fully saturated rings. The number of fused-ring (bicyclic) bond motifs is 1. The van der Waals surface area contributed by atoms with Crippen molar-refractivity contribution >= 4 is 18.7 Å². The summed E-state index contributed by atoms with van der Waals surface area (Å²) in [7, 11) is -3.01. The van der Waals surface area contributed by atoms with Crippen molar-refractivity contribution in [2.24, 2.45) is 5.41 Å². The zero-order valence-corrected chi connectivity index (χ0v) is 21.8. The lowest BCUT2D eigenvalue weighted by Crippen LogP contribution is -2.69. The topological polar surface area (TPSA) is 90.2 Å². The third-order valence-electron chi connectivity index (χ3n) is 7.69. The first kappa shape index (κ1) is 25.8. The summed E-state index contributed by atoms with van der Waals surface area (Å²) in [6, 6.07) is 27.1. The highest BCUT2D eigenvalue weighted by Gasteiger charge is 2.60. The van der Waals surface area contributed by atoms with Gasteiger partial charge in [-0.1, -0.05) is 106 Å². The Balaban J connectivity index is 1.87. The van der Waals surface area contributed by atoms with E-state index in [1.807, 2.05) is 36.4 Å². The second kappa shape index (κ2) is 9.28. The molecule has 0 saturated heterocycles. The van der Waals surface area contributed by atoms with Crippen LogP contribution in [0.15, 0.2) is 84.9 Å². The maximum Gasteiger partial charge on any atom is 0.261 e. The van der Waals surface area contributed by atoms with E-state index in [1.54, 1.807) is 24.3 Å². The van der Waals surface area contributed by atoms with Crippen LogP contribution in [-0.2, 0) is 10.0 Å². The molecule has 0 bridgehead atoms. The van der Waals surface area contributed by atoms with Crippen LogP contribution in [0.5, 0.6) is 0 Å². The van der Waals surface area contributed by atoms with E-state index in [1.165, 1.54) is 6.92 Å². The van der Waals surface area contributed by atoms with Crippen molar-refractivity contribution in [2.75, 3.05) is 13.2 Å². The van der Waals surface area contributed by atoms with E-state index in [0.717, 1.165) is 10.4 Å². The maximum atomic E-state index is 11.5. The molecule has 4 N–H and O–H groups in total. The molecule has 0 spiro atoms. The fraction of sp³-hybridized carbons (Fsp3) is 0.379. The molecule has 3 aromatic rings. The molecule has 0 unspecified atom stereocenters. The quantitative estimate of drug-likeness (QED) is 0.398. The first-order valence-electron chi connectivity index (χ1n) is 12.1. The summed E-state index contributed by atoms with van der Waals surface area (Å²) < 4.78 is 7.00. The third kappa shape index (κ3) is 3.98. The van der Waals surface area contributed by atoms with E-state index in [0.29, 0.717) is 11.1 Å². The molecule has 0 aliphatic heterocycles. The Kier molecular flexibility index (Phi) is 6.83. The fourth-order valence-corrected chi connectivity index (χ4v) is 10.4. The van der Waals surface area contributed by atoms with Gasteiger partial charge in [-0.2, -0.15) is 0 Å². The normalized spacial score (nSPS) is 26.9. The highest BCUT2D eigenvalue weighted by molar-refractivity contribution is 6.99. The fourth-order valence-electron chi connectivity index (χ4n) is 5.74. The SMILES string of the molecule is CC(C)(C)[Si](OC[C@]1(CO)[C@H](O)c2ccccc2[C@@](C)(O)[C@H]1O)(c1ccccc1)c1ccccc1. The largest absolute Gasteiger partial charge is 0.407 e. The van der Waals surface area contributed by atoms with Crippen molar-refractivity contribution < 1.29 is 24.9 Å². The molecule has 5 nitrogen and oxygen atoms in total. The number of benzene rings is 3. The first-order valence-corrected chi connectivity index (χ1v) is 14.0. The van der Waals surface area contributed by atoms with Crippen LogP contribution < -0.4 is 10.4 Å². The van der Waals surface area contributed by atoms with E-state index in [2.05, 4.69) is 45.0 Å². The third-order valence-corrected chi connectivity index (χ3v) is 12.7. The molecule has 35 heavy (non-hydrogen) atoms. The molecule has 0 aromatic heterocycles. The van der Waals surface area contributed by atoms with Crippen LogP contribution in [-0.4, -0.2) is 48.1 Å². The van der Waals surface area contributed by atoms with Crippen LogP contribution in [0.4, 0.5) is 0 Å². The van der Waals surface area contributed by atoms with E-state index in [9.17, 15) is 20.4 Å². The van der Waals surface area contributed by atoms with E-state index < -0.39 is 38.1 Å². The number of aliphatic hydroxyl groups is 4. The van der Waals surface area contributed by atoms with Crippen LogP contribution in [0.2, 0.25) is 5.04 Å². The van der Waals surface area contributed by atoms with Crippen LogP contribution in [0.3, 0.4) is 0 Å². The Morgan fingerprint density at radius 3 is 1.80 bits per heavy atom. The van der Waals surface area contributed by atoms with Gasteiger partial charge in [-0.25, -0.2) is 0 Å².